The molecule has 3 aromatic rings. The van der Waals surface area contributed by atoms with Crippen LogP contribution in [0.4, 0.5) is 5.69 Å². The molecule has 63 heavy (non-hydrogen) atoms. The number of fused-ring (bicyclic) bond motifs is 6. The van der Waals surface area contributed by atoms with Crippen LogP contribution in [0.2, 0.25) is 0 Å². The Kier molecular flexibility index (Phi) is 12.2. The molecule has 0 radical (unpaired) electrons. The lowest BCUT2D eigenvalue weighted by molar-refractivity contribution is -0.162. The van der Waals surface area contributed by atoms with Crippen LogP contribution >= 0.6 is 11.8 Å². The van der Waals surface area contributed by atoms with Crippen molar-refractivity contribution in [2.45, 2.75) is 110 Å². The Balaban J connectivity index is 1.15. The van der Waals surface area contributed by atoms with E-state index in [9.17, 15) is 14.4 Å². The maximum absolute atomic E-state index is 14.4. The fourth-order valence-corrected chi connectivity index (χ4v) is 11.8. The molecular formula is C48H66N8O6S. The van der Waals surface area contributed by atoms with Gasteiger partial charge in [0.15, 0.2) is 0 Å². The smallest absolute Gasteiger partial charge is 0.327 e. The fourth-order valence-electron chi connectivity index (χ4n) is 10.6. The molecule has 3 saturated heterocycles. The van der Waals surface area contributed by atoms with Gasteiger partial charge in [0.25, 0.3) is 5.91 Å². The molecule has 14 nitrogen and oxygen atoms in total. The molecule has 8 atom stereocenters. The molecule has 4 fully saturated rings. The van der Waals surface area contributed by atoms with E-state index in [0.29, 0.717) is 31.8 Å². The number of cyclic esters (lactones) is 1. The van der Waals surface area contributed by atoms with E-state index in [1.807, 2.05) is 13.1 Å². The minimum atomic E-state index is -1.13. The molecule has 15 heteroatoms. The number of carbonyl (C=O) groups excluding carboxylic acids is 3. The van der Waals surface area contributed by atoms with Gasteiger partial charge in [-0.05, 0) is 81.2 Å². The number of amides is 2. The molecule has 1 unspecified atom stereocenters. The fraction of sp³-hybridized carbons (Fsp3) is 0.646. The lowest BCUT2D eigenvalue weighted by atomic mass is 9.84. The molecule has 1 aliphatic carbocycles. The molecule has 2 N–H and O–H groups in total. The van der Waals surface area contributed by atoms with Gasteiger partial charge in [-0.2, -0.15) is 0 Å². The highest BCUT2D eigenvalue weighted by Crippen LogP contribution is 2.46. The lowest BCUT2D eigenvalue weighted by Crippen LogP contribution is -2.65. The largest absolute Gasteiger partial charge is 0.464 e. The highest BCUT2D eigenvalue weighted by atomic mass is 32.2. The van der Waals surface area contributed by atoms with Gasteiger partial charge in [-0.1, -0.05) is 33.8 Å². The van der Waals surface area contributed by atoms with Crippen molar-refractivity contribution < 1.29 is 28.6 Å². The summed E-state index contributed by atoms with van der Waals surface area (Å²) >= 11 is 1.65. The van der Waals surface area contributed by atoms with Crippen molar-refractivity contribution in [1.29, 1.82) is 0 Å². The third kappa shape index (κ3) is 8.53. The first-order valence-electron chi connectivity index (χ1n) is 23.2. The normalized spacial score (nSPS) is 30.6. The van der Waals surface area contributed by atoms with Crippen molar-refractivity contribution in [2.24, 2.45) is 28.2 Å². The SMILES string of the molecule is CCn1c(-c2cc(N3CCN4CCOC[C@@H]4C3)cnc2[C@H](C)OC)c2c3cc(ccc31)C1CSC(=N1)C[C@H](NC(=O)[C@H]1[C@H](C)[C@@H]1C)C(=O)N1CCC[C@@](C)(N1)C(=O)OCC(C)(C)C2. The molecule has 0 spiro atoms. The van der Waals surface area contributed by atoms with Crippen LogP contribution in [0, 0.1) is 23.2 Å². The van der Waals surface area contributed by atoms with Gasteiger partial charge >= 0.3 is 5.97 Å². The van der Waals surface area contributed by atoms with Gasteiger partial charge in [-0.3, -0.25) is 29.5 Å². The summed E-state index contributed by atoms with van der Waals surface area (Å²) in [6.45, 7) is 21.1. The molecule has 2 amide bonds. The summed E-state index contributed by atoms with van der Waals surface area (Å²) in [6.07, 6.45) is 3.77. The Hall–Kier alpha value is -4.02. The number of thioether (sulfide) groups is 1. The molecule has 5 aliphatic heterocycles. The number of nitrogens with one attached hydrogen (secondary N) is 2. The number of aromatic nitrogens is 2. The number of aryl methyl sites for hydroxylation is 1. The van der Waals surface area contributed by atoms with Gasteiger partial charge in [-0.25, -0.2) is 10.2 Å². The van der Waals surface area contributed by atoms with Gasteiger partial charge in [0.1, 0.15) is 11.6 Å². The van der Waals surface area contributed by atoms with Gasteiger partial charge < -0.3 is 29.0 Å². The second-order valence-corrected chi connectivity index (χ2v) is 21.0. The number of nitrogens with zero attached hydrogens (tertiary/aromatic N) is 6. The van der Waals surface area contributed by atoms with Crippen LogP contribution in [0.1, 0.15) is 96.7 Å². The van der Waals surface area contributed by atoms with E-state index in [1.165, 1.54) is 10.6 Å². The number of morpholine rings is 1. The van der Waals surface area contributed by atoms with Crippen LogP contribution in [0.5, 0.6) is 0 Å². The highest BCUT2D eigenvalue weighted by molar-refractivity contribution is 8.14. The molecule has 340 valence electrons. The number of hydrogen-bond acceptors (Lipinski definition) is 12. The zero-order chi connectivity index (χ0) is 44.4. The number of piperazine rings is 1. The molecule has 6 bridgehead atoms. The first-order chi connectivity index (χ1) is 30.2. The van der Waals surface area contributed by atoms with Crippen molar-refractivity contribution in [2.75, 3.05) is 70.3 Å². The third-order valence-corrected chi connectivity index (χ3v) is 15.9. The number of hydrazine groups is 1. The number of benzene rings is 1. The predicted octanol–water partition coefficient (Wildman–Crippen LogP) is 5.93. The summed E-state index contributed by atoms with van der Waals surface area (Å²) in [5.41, 5.74) is 9.15. The number of anilines is 1. The molecule has 7 heterocycles. The van der Waals surface area contributed by atoms with Crippen LogP contribution in [0.3, 0.4) is 0 Å². The number of ether oxygens (including phenoxy) is 3. The molecule has 2 aromatic heterocycles. The number of esters is 1. The van der Waals surface area contributed by atoms with E-state index in [1.54, 1.807) is 18.9 Å². The van der Waals surface area contributed by atoms with Crippen LogP contribution in [-0.2, 0) is 41.6 Å². The van der Waals surface area contributed by atoms with Gasteiger partial charge in [-0.15, -0.1) is 11.8 Å². The Morgan fingerprint density at radius 2 is 1.92 bits per heavy atom. The summed E-state index contributed by atoms with van der Waals surface area (Å²) in [5.74, 6) is 0.386. The van der Waals surface area contributed by atoms with Crippen molar-refractivity contribution in [3.05, 3.63) is 47.3 Å². The van der Waals surface area contributed by atoms with Gasteiger partial charge in [0.2, 0.25) is 5.91 Å². The topological polar surface area (TPSA) is 143 Å². The average Bonchev–Trinajstić information content (AvgIpc) is 3.54. The molecular weight excluding hydrogens is 817 g/mol. The van der Waals surface area contributed by atoms with E-state index in [0.717, 1.165) is 95.8 Å². The highest BCUT2D eigenvalue weighted by Gasteiger charge is 2.50. The van der Waals surface area contributed by atoms with Gasteiger partial charge in [0.05, 0.1) is 66.3 Å². The van der Waals surface area contributed by atoms with E-state index in [2.05, 4.69) is 90.9 Å². The lowest BCUT2D eigenvalue weighted by Gasteiger charge is -2.44. The maximum Gasteiger partial charge on any atom is 0.327 e. The molecule has 1 aromatic carbocycles. The minimum absolute atomic E-state index is 0.101. The number of hydrogen-bond donors (Lipinski definition) is 2. The standard InChI is InChI=1S/C48H66N8O6S/c1-9-55-39-12-11-31-19-34(39)36(43(55)35-20-32(23-49-42(35)30(4)60-8)54-16-15-53-17-18-61-25-33(53)24-54)22-47(5,6)27-62-46(59)48(7)13-10-14-56(52-48)45(58)37(21-40-50-38(31)26-63-40)51-44(57)41-28(2)29(41)3/h11-12,19-20,23,28-30,33,37-38,41,52H,9-10,13-18,21-22,24-27H2,1-8H3,(H,51,57)/t28-,29+,30-,33-,37-,38?,41+,48+/m0/s1. The van der Waals surface area contributed by atoms with Crippen LogP contribution in [-0.4, -0.2) is 125 Å². The minimum Gasteiger partial charge on any atom is -0.464 e. The van der Waals surface area contributed by atoms with Crippen molar-refractivity contribution in [3.63, 3.8) is 0 Å². The average molecular weight is 883 g/mol. The Labute approximate surface area is 376 Å². The number of aliphatic imine (C=N–C) groups is 1. The first-order valence-corrected chi connectivity index (χ1v) is 24.2. The number of carbonyl (C=O) groups is 3. The van der Waals surface area contributed by atoms with Crippen molar-refractivity contribution in [3.8, 4) is 11.3 Å². The Morgan fingerprint density at radius 1 is 1.11 bits per heavy atom. The Morgan fingerprint density at radius 3 is 2.68 bits per heavy atom. The third-order valence-electron chi connectivity index (χ3n) is 14.8. The zero-order valence-electron chi connectivity index (χ0n) is 38.4. The number of methoxy groups -OCH3 is 1. The van der Waals surface area contributed by atoms with Crippen LogP contribution in [0.15, 0.2) is 35.5 Å². The molecule has 9 rings (SSSR count). The summed E-state index contributed by atoms with van der Waals surface area (Å²) in [6, 6.07) is 8.45. The van der Waals surface area contributed by atoms with E-state index in [-0.39, 0.29) is 54.7 Å². The van der Waals surface area contributed by atoms with Crippen molar-refractivity contribution in [1.82, 2.24) is 30.2 Å². The monoisotopic (exact) mass is 882 g/mol. The second kappa shape index (κ2) is 17.4. The summed E-state index contributed by atoms with van der Waals surface area (Å²) in [7, 11) is 1.74. The predicted molar refractivity (Wildman–Crippen MR) is 247 cm³/mol. The summed E-state index contributed by atoms with van der Waals surface area (Å²) < 4.78 is 20.6. The number of rotatable bonds is 7. The van der Waals surface area contributed by atoms with E-state index in [4.69, 9.17) is 24.2 Å². The number of pyridine rings is 1. The summed E-state index contributed by atoms with van der Waals surface area (Å²) in [4.78, 5) is 57.6. The molecule has 6 aliphatic rings. The zero-order valence-corrected chi connectivity index (χ0v) is 39.2. The van der Waals surface area contributed by atoms with E-state index < -0.39 is 23.0 Å². The quantitative estimate of drug-likeness (QED) is 0.273. The van der Waals surface area contributed by atoms with Crippen molar-refractivity contribution >= 4 is 51.2 Å². The van der Waals surface area contributed by atoms with Crippen LogP contribution in [0.25, 0.3) is 22.2 Å². The van der Waals surface area contributed by atoms with E-state index >= 15 is 0 Å². The van der Waals surface area contributed by atoms with Gasteiger partial charge in [0, 0.05) is 86.4 Å². The maximum atomic E-state index is 14.4. The summed E-state index contributed by atoms with van der Waals surface area (Å²) in [5, 5.41) is 6.64. The Bertz CT molecular complexity index is 2290. The van der Waals surface area contributed by atoms with Crippen LogP contribution < -0.4 is 15.6 Å². The second-order valence-electron chi connectivity index (χ2n) is 19.9. The molecule has 1 saturated carbocycles. The first kappa shape index (κ1) is 44.2.